The molecular formula is C22H23N3O2. The highest BCUT2D eigenvalue weighted by atomic mass is 16.5. The highest BCUT2D eigenvalue weighted by Gasteiger charge is 2.07. The molecule has 0 fully saturated rings. The van der Waals surface area contributed by atoms with Gasteiger partial charge in [0.1, 0.15) is 5.75 Å². The summed E-state index contributed by atoms with van der Waals surface area (Å²) in [6, 6.07) is 19.6. The van der Waals surface area contributed by atoms with Gasteiger partial charge in [-0.05, 0) is 35.7 Å². The third-order valence-corrected chi connectivity index (χ3v) is 4.17. The lowest BCUT2D eigenvalue weighted by Crippen LogP contribution is -2.23. The van der Waals surface area contributed by atoms with Crippen molar-refractivity contribution in [1.82, 2.24) is 10.3 Å². The van der Waals surface area contributed by atoms with E-state index >= 15 is 0 Å². The van der Waals surface area contributed by atoms with Gasteiger partial charge in [-0.3, -0.25) is 9.78 Å². The summed E-state index contributed by atoms with van der Waals surface area (Å²) in [5.74, 6) is 0.717. The number of pyridine rings is 1. The van der Waals surface area contributed by atoms with E-state index in [0.717, 1.165) is 30.0 Å². The molecule has 2 aromatic carbocycles. The molecule has 0 radical (unpaired) electrons. The maximum Gasteiger partial charge on any atom is 0.253 e. The van der Waals surface area contributed by atoms with E-state index in [-0.39, 0.29) is 5.91 Å². The summed E-state index contributed by atoms with van der Waals surface area (Å²) in [6.07, 6.45) is 4.15. The SMILES string of the molecule is COc1cccc(CCNc2cncc(C(=O)NCc3ccccc3)c2)c1. The van der Waals surface area contributed by atoms with Gasteiger partial charge >= 0.3 is 0 Å². The minimum atomic E-state index is -0.136. The molecule has 5 heteroatoms. The Morgan fingerprint density at radius 2 is 1.81 bits per heavy atom. The smallest absolute Gasteiger partial charge is 0.253 e. The molecule has 1 amide bonds. The van der Waals surface area contributed by atoms with Crippen molar-refractivity contribution in [3.63, 3.8) is 0 Å². The second kappa shape index (κ2) is 9.38. The van der Waals surface area contributed by atoms with Crippen LogP contribution >= 0.6 is 0 Å². The van der Waals surface area contributed by atoms with Crippen LogP contribution < -0.4 is 15.4 Å². The Labute approximate surface area is 159 Å². The monoisotopic (exact) mass is 361 g/mol. The molecule has 0 unspecified atom stereocenters. The van der Waals surface area contributed by atoms with E-state index in [1.165, 1.54) is 5.56 Å². The summed E-state index contributed by atoms with van der Waals surface area (Å²) in [5.41, 5.74) is 3.61. The lowest BCUT2D eigenvalue weighted by Gasteiger charge is -2.09. The van der Waals surface area contributed by atoms with Crippen LogP contribution in [0.4, 0.5) is 5.69 Å². The normalized spacial score (nSPS) is 10.3. The molecule has 2 N–H and O–H groups in total. The number of ether oxygens (including phenoxy) is 1. The molecule has 0 saturated carbocycles. The Bertz CT molecular complexity index is 881. The number of hydrogen-bond donors (Lipinski definition) is 2. The first kappa shape index (κ1) is 18.5. The zero-order valence-corrected chi connectivity index (χ0v) is 15.3. The van der Waals surface area contributed by atoms with Gasteiger partial charge in [0.2, 0.25) is 0 Å². The van der Waals surface area contributed by atoms with Crippen LogP contribution in [0.1, 0.15) is 21.5 Å². The maximum absolute atomic E-state index is 12.3. The van der Waals surface area contributed by atoms with Gasteiger partial charge in [0.25, 0.3) is 5.91 Å². The van der Waals surface area contributed by atoms with E-state index in [1.54, 1.807) is 19.5 Å². The van der Waals surface area contributed by atoms with E-state index < -0.39 is 0 Å². The molecule has 0 aliphatic carbocycles. The van der Waals surface area contributed by atoms with Crippen LogP contribution in [0.25, 0.3) is 0 Å². The summed E-state index contributed by atoms with van der Waals surface area (Å²) >= 11 is 0. The van der Waals surface area contributed by atoms with Gasteiger partial charge in [0.15, 0.2) is 0 Å². The largest absolute Gasteiger partial charge is 0.497 e. The summed E-state index contributed by atoms with van der Waals surface area (Å²) in [4.78, 5) is 16.5. The zero-order valence-electron chi connectivity index (χ0n) is 15.3. The predicted molar refractivity (Wildman–Crippen MR) is 107 cm³/mol. The third kappa shape index (κ3) is 5.57. The lowest BCUT2D eigenvalue weighted by molar-refractivity contribution is 0.0950. The van der Waals surface area contributed by atoms with Gasteiger partial charge in [-0.1, -0.05) is 42.5 Å². The average Bonchev–Trinajstić information content (AvgIpc) is 2.73. The number of methoxy groups -OCH3 is 1. The summed E-state index contributed by atoms with van der Waals surface area (Å²) in [5, 5.41) is 6.23. The fourth-order valence-corrected chi connectivity index (χ4v) is 2.72. The number of hydrogen-bond acceptors (Lipinski definition) is 4. The molecule has 0 aliphatic heterocycles. The molecule has 0 bridgehead atoms. The molecule has 0 spiro atoms. The maximum atomic E-state index is 12.3. The third-order valence-electron chi connectivity index (χ3n) is 4.17. The van der Waals surface area contributed by atoms with Gasteiger partial charge in [0.05, 0.1) is 18.4 Å². The van der Waals surface area contributed by atoms with Gasteiger partial charge in [0, 0.05) is 25.5 Å². The number of nitrogens with zero attached hydrogens (tertiary/aromatic N) is 1. The van der Waals surface area contributed by atoms with Crippen molar-refractivity contribution in [1.29, 1.82) is 0 Å². The quantitative estimate of drug-likeness (QED) is 0.642. The highest BCUT2D eigenvalue weighted by Crippen LogP contribution is 2.14. The molecule has 3 rings (SSSR count). The number of amides is 1. The van der Waals surface area contributed by atoms with Crippen molar-refractivity contribution in [2.75, 3.05) is 19.0 Å². The van der Waals surface area contributed by atoms with Crippen LogP contribution in [0.5, 0.6) is 5.75 Å². The van der Waals surface area contributed by atoms with Crippen molar-refractivity contribution in [3.8, 4) is 5.75 Å². The van der Waals surface area contributed by atoms with Crippen LogP contribution in [-0.4, -0.2) is 24.5 Å². The number of benzene rings is 2. The molecule has 5 nitrogen and oxygen atoms in total. The highest BCUT2D eigenvalue weighted by molar-refractivity contribution is 5.94. The molecule has 138 valence electrons. The van der Waals surface area contributed by atoms with E-state index in [2.05, 4.69) is 21.7 Å². The zero-order chi connectivity index (χ0) is 18.9. The molecule has 1 heterocycles. The molecular weight excluding hydrogens is 338 g/mol. The van der Waals surface area contributed by atoms with Crippen LogP contribution in [0.3, 0.4) is 0 Å². The summed E-state index contributed by atoms with van der Waals surface area (Å²) < 4.78 is 5.24. The number of rotatable bonds is 8. The van der Waals surface area contributed by atoms with E-state index in [1.807, 2.05) is 54.6 Å². The van der Waals surface area contributed by atoms with Crippen LogP contribution in [-0.2, 0) is 13.0 Å². The Morgan fingerprint density at radius 3 is 2.63 bits per heavy atom. The van der Waals surface area contributed by atoms with Gasteiger partial charge < -0.3 is 15.4 Å². The molecule has 1 aromatic heterocycles. The van der Waals surface area contributed by atoms with Crippen molar-refractivity contribution < 1.29 is 9.53 Å². The second-order valence-electron chi connectivity index (χ2n) is 6.16. The van der Waals surface area contributed by atoms with Crippen LogP contribution in [0.2, 0.25) is 0 Å². The number of anilines is 1. The lowest BCUT2D eigenvalue weighted by atomic mass is 10.1. The summed E-state index contributed by atoms with van der Waals surface area (Å²) in [7, 11) is 1.66. The Morgan fingerprint density at radius 1 is 1.00 bits per heavy atom. The van der Waals surface area contributed by atoms with Crippen molar-refractivity contribution >= 4 is 11.6 Å². The van der Waals surface area contributed by atoms with Crippen LogP contribution in [0.15, 0.2) is 73.1 Å². The Kier molecular flexibility index (Phi) is 6.41. The Balaban J connectivity index is 1.52. The second-order valence-corrected chi connectivity index (χ2v) is 6.16. The van der Waals surface area contributed by atoms with Gasteiger partial charge in [-0.2, -0.15) is 0 Å². The molecule has 0 saturated heterocycles. The predicted octanol–water partition coefficient (Wildman–Crippen LogP) is 3.67. The first-order valence-corrected chi connectivity index (χ1v) is 8.88. The van der Waals surface area contributed by atoms with E-state index in [9.17, 15) is 4.79 Å². The first-order chi connectivity index (χ1) is 13.2. The molecule has 27 heavy (non-hydrogen) atoms. The number of aromatic nitrogens is 1. The van der Waals surface area contributed by atoms with Crippen LogP contribution in [0, 0.1) is 0 Å². The van der Waals surface area contributed by atoms with E-state index in [0.29, 0.717) is 12.1 Å². The fourth-order valence-electron chi connectivity index (χ4n) is 2.72. The van der Waals surface area contributed by atoms with Gasteiger partial charge in [-0.25, -0.2) is 0 Å². The number of carbonyl (C=O) groups is 1. The molecule has 0 atom stereocenters. The molecule has 0 aliphatic rings. The van der Waals surface area contributed by atoms with Gasteiger partial charge in [-0.15, -0.1) is 0 Å². The minimum Gasteiger partial charge on any atom is -0.497 e. The van der Waals surface area contributed by atoms with E-state index in [4.69, 9.17) is 4.74 Å². The fraction of sp³-hybridized carbons (Fsp3) is 0.182. The Hall–Kier alpha value is -3.34. The van der Waals surface area contributed by atoms with Crippen molar-refractivity contribution in [2.45, 2.75) is 13.0 Å². The minimum absolute atomic E-state index is 0.136. The average molecular weight is 361 g/mol. The molecule has 3 aromatic rings. The summed E-state index contributed by atoms with van der Waals surface area (Å²) in [6.45, 7) is 1.23. The topological polar surface area (TPSA) is 63.2 Å². The number of carbonyl (C=O) groups excluding carboxylic acids is 1. The standard InChI is InChI=1S/C22H23N3O2/c1-27-21-9-5-8-17(12-21)10-11-24-20-13-19(15-23-16-20)22(26)25-14-18-6-3-2-4-7-18/h2-9,12-13,15-16,24H,10-11,14H2,1H3,(H,25,26). The number of nitrogens with one attached hydrogen (secondary N) is 2. The van der Waals surface area contributed by atoms with Crippen molar-refractivity contribution in [2.24, 2.45) is 0 Å². The first-order valence-electron chi connectivity index (χ1n) is 8.88. The van der Waals surface area contributed by atoms with Crippen molar-refractivity contribution in [3.05, 3.63) is 89.7 Å².